The van der Waals surface area contributed by atoms with Gasteiger partial charge in [-0.2, -0.15) is 0 Å². The second kappa shape index (κ2) is 2.99. The first-order valence-corrected chi connectivity index (χ1v) is 4.05. The Morgan fingerprint density at radius 2 is 2.00 bits per heavy atom. The van der Waals surface area contributed by atoms with Crippen LogP contribution in [0.1, 0.15) is 6.92 Å². The van der Waals surface area contributed by atoms with Gasteiger partial charge in [-0.05, 0) is 25.1 Å². The van der Waals surface area contributed by atoms with Crippen LogP contribution >= 0.6 is 0 Å². The summed E-state index contributed by atoms with van der Waals surface area (Å²) in [5, 5.41) is 1.78. The highest BCUT2D eigenvalue weighted by Crippen LogP contribution is 2.19. The third kappa shape index (κ3) is 1.34. The van der Waals surface area contributed by atoms with Crippen molar-refractivity contribution in [3.05, 3.63) is 42.6 Å². The van der Waals surface area contributed by atoms with Gasteiger partial charge in [0.15, 0.2) is 0 Å². The molecule has 1 aromatic rings. The molecule has 62 valence electrons. The molecule has 2 nitrogen and oxygen atoms in total. The lowest BCUT2D eigenvalue weighted by atomic mass is 10.3. The minimum atomic E-state index is 0.185. The van der Waals surface area contributed by atoms with Gasteiger partial charge in [0.25, 0.3) is 0 Å². The van der Waals surface area contributed by atoms with Crippen LogP contribution < -0.4 is 5.06 Å². The number of benzene rings is 1. The van der Waals surface area contributed by atoms with Crippen LogP contribution in [0.25, 0.3) is 0 Å². The van der Waals surface area contributed by atoms with E-state index in [1.165, 1.54) is 0 Å². The van der Waals surface area contributed by atoms with Crippen molar-refractivity contribution in [1.82, 2.24) is 0 Å². The fourth-order valence-corrected chi connectivity index (χ4v) is 1.17. The molecule has 0 saturated heterocycles. The predicted octanol–water partition coefficient (Wildman–Crippen LogP) is 2.34. The molecule has 0 bridgehead atoms. The number of rotatable bonds is 1. The van der Waals surface area contributed by atoms with Crippen molar-refractivity contribution in [2.24, 2.45) is 0 Å². The van der Waals surface area contributed by atoms with Crippen molar-refractivity contribution in [1.29, 1.82) is 0 Å². The van der Waals surface area contributed by atoms with Crippen LogP contribution in [0.4, 0.5) is 5.69 Å². The predicted molar refractivity (Wildman–Crippen MR) is 48.6 cm³/mol. The van der Waals surface area contributed by atoms with Crippen LogP contribution in [0.2, 0.25) is 0 Å². The van der Waals surface area contributed by atoms with Crippen molar-refractivity contribution in [3.63, 3.8) is 0 Å². The summed E-state index contributed by atoms with van der Waals surface area (Å²) in [6.45, 7) is 2.01. The summed E-state index contributed by atoms with van der Waals surface area (Å²) in [6, 6.07) is 10.0. The summed E-state index contributed by atoms with van der Waals surface area (Å²) in [6.07, 6.45) is 4.15. The minimum Gasteiger partial charge on any atom is -0.262 e. The Bertz CT molecular complexity index is 281. The maximum Gasteiger partial charge on any atom is 0.103 e. The Morgan fingerprint density at radius 1 is 1.25 bits per heavy atom. The molecule has 0 N–H and O–H groups in total. The standard InChI is InChI=1S/C10H11NO/c1-9-7-8-11(12-9)10-5-3-2-4-6-10/h2-9H,1H3. The molecule has 12 heavy (non-hydrogen) atoms. The van der Waals surface area contributed by atoms with Crippen molar-refractivity contribution in [3.8, 4) is 0 Å². The van der Waals surface area contributed by atoms with Crippen LogP contribution in [0, 0.1) is 0 Å². The average Bonchev–Trinajstić information content (AvgIpc) is 2.54. The topological polar surface area (TPSA) is 12.5 Å². The van der Waals surface area contributed by atoms with E-state index in [2.05, 4.69) is 0 Å². The van der Waals surface area contributed by atoms with E-state index in [0.29, 0.717) is 0 Å². The van der Waals surface area contributed by atoms with E-state index in [0.717, 1.165) is 5.69 Å². The second-order valence-corrected chi connectivity index (χ2v) is 2.81. The molecule has 0 saturated carbocycles. The molecule has 0 fully saturated rings. The minimum absolute atomic E-state index is 0.185. The van der Waals surface area contributed by atoms with Crippen molar-refractivity contribution < 1.29 is 4.84 Å². The van der Waals surface area contributed by atoms with Gasteiger partial charge in [-0.1, -0.05) is 18.2 Å². The number of nitrogens with zero attached hydrogens (tertiary/aromatic N) is 1. The normalized spacial score (nSPS) is 21.8. The molecular formula is C10H11NO. The largest absolute Gasteiger partial charge is 0.262 e. The lowest BCUT2D eigenvalue weighted by Gasteiger charge is -2.15. The second-order valence-electron chi connectivity index (χ2n) is 2.81. The summed E-state index contributed by atoms with van der Waals surface area (Å²) in [4.78, 5) is 5.47. The maximum atomic E-state index is 5.47. The summed E-state index contributed by atoms with van der Waals surface area (Å²) < 4.78 is 0. The first kappa shape index (κ1) is 7.37. The molecule has 1 atom stereocenters. The Labute approximate surface area is 72.0 Å². The Kier molecular flexibility index (Phi) is 1.84. The van der Waals surface area contributed by atoms with Gasteiger partial charge in [-0.15, -0.1) is 0 Å². The van der Waals surface area contributed by atoms with E-state index < -0.39 is 0 Å². The monoisotopic (exact) mass is 161 g/mol. The first-order valence-electron chi connectivity index (χ1n) is 4.05. The van der Waals surface area contributed by atoms with Gasteiger partial charge in [0, 0.05) is 6.20 Å². The molecule has 0 aromatic heterocycles. The van der Waals surface area contributed by atoms with Crippen LogP contribution in [0.5, 0.6) is 0 Å². The molecule has 2 rings (SSSR count). The molecule has 1 unspecified atom stereocenters. The first-order chi connectivity index (χ1) is 5.86. The van der Waals surface area contributed by atoms with E-state index in [-0.39, 0.29) is 6.10 Å². The summed E-state index contributed by atoms with van der Waals surface area (Å²) in [5.74, 6) is 0. The average molecular weight is 161 g/mol. The zero-order valence-corrected chi connectivity index (χ0v) is 6.97. The molecule has 0 radical (unpaired) electrons. The molecular weight excluding hydrogens is 150 g/mol. The number of hydrogen-bond acceptors (Lipinski definition) is 2. The van der Waals surface area contributed by atoms with E-state index in [1.807, 2.05) is 49.5 Å². The molecule has 1 aliphatic heterocycles. The summed E-state index contributed by atoms with van der Waals surface area (Å²) in [7, 11) is 0. The Hall–Kier alpha value is -1.28. The molecule has 0 spiro atoms. The van der Waals surface area contributed by atoms with Gasteiger partial charge < -0.3 is 0 Å². The molecule has 0 amide bonds. The number of hydrogen-bond donors (Lipinski definition) is 0. The summed E-state index contributed by atoms with van der Waals surface area (Å²) >= 11 is 0. The highest BCUT2D eigenvalue weighted by molar-refractivity contribution is 5.47. The van der Waals surface area contributed by atoms with E-state index in [4.69, 9.17) is 4.84 Å². The van der Waals surface area contributed by atoms with Crippen LogP contribution in [0.3, 0.4) is 0 Å². The SMILES string of the molecule is CC1C=CN(c2ccccc2)O1. The fourth-order valence-electron chi connectivity index (χ4n) is 1.17. The highest BCUT2D eigenvalue weighted by atomic mass is 16.7. The van der Waals surface area contributed by atoms with Crippen molar-refractivity contribution >= 4 is 5.69 Å². The quantitative estimate of drug-likeness (QED) is 0.626. The zero-order chi connectivity index (χ0) is 8.39. The lowest BCUT2D eigenvalue weighted by molar-refractivity contribution is 0.115. The summed E-state index contributed by atoms with van der Waals surface area (Å²) in [5.41, 5.74) is 1.07. The number of anilines is 1. The molecule has 1 aromatic carbocycles. The van der Waals surface area contributed by atoms with Gasteiger partial charge in [-0.3, -0.25) is 4.84 Å². The van der Waals surface area contributed by atoms with E-state index in [9.17, 15) is 0 Å². The number of para-hydroxylation sites is 1. The van der Waals surface area contributed by atoms with Crippen LogP contribution in [0.15, 0.2) is 42.6 Å². The Morgan fingerprint density at radius 3 is 2.58 bits per heavy atom. The third-order valence-electron chi connectivity index (χ3n) is 1.78. The maximum absolute atomic E-state index is 5.47. The molecule has 2 heteroatoms. The van der Waals surface area contributed by atoms with Gasteiger partial charge in [-0.25, -0.2) is 5.06 Å². The highest BCUT2D eigenvalue weighted by Gasteiger charge is 2.12. The van der Waals surface area contributed by atoms with Gasteiger partial charge >= 0.3 is 0 Å². The molecule has 0 aliphatic carbocycles. The van der Waals surface area contributed by atoms with Crippen molar-refractivity contribution in [2.75, 3.05) is 5.06 Å². The third-order valence-corrected chi connectivity index (χ3v) is 1.78. The van der Waals surface area contributed by atoms with Crippen LogP contribution in [-0.4, -0.2) is 6.10 Å². The van der Waals surface area contributed by atoms with E-state index in [1.54, 1.807) is 5.06 Å². The molecule has 1 heterocycles. The smallest absolute Gasteiger partial charge is 0.103 e. The van der Waals surface area contributed by atoms with Crippen LogP contribution in [-0.2, 0) is 4.84 Å². The Balaban J connectivity index is 2.18. The van der Waals surface area contributed by atoms with Gasteiger partial charge in [0.1, 0.15) is 6.10 Å². The number of hydroxylamine groups is 1. The fraction of sp³-hybridized carbons (Fsp3) is 0.200. The van der Waals surface area contributed by atoms with Gasteiger partial charge in [0.2, 0.25) is 0 Å². The van der Waals surface area contributed by atoms with Crippen molar-refractivity contribution in [2.45, 2.75) is 13.0 Å². The van der Waals surface area contributed by atoms with Gasteiger partial charge in [0.05, 0.1) is 5.69 Å². The zero-order valence-electron chi connectivity index (χ0n) is 6.97. The van der Waals surface area contributed by atoms with E-state index >= 15 is 0 Å². The lowest BCUT2D eigenvalue weighted by Crippen LogP contribution is -2.14. The molecule has 1 aliphatic rings.